The molecule has 1 aromatic heterocycles. The standard InChI is InChI=1S/C14H23N3O/c1-2-17(11-13-6-4-8-18-13)14(9-15)12-5-3-7-16-10-12/h3,5,7,10,13-14H,2,4,6,8-9,11,15H2,1H3. The molecule has 1 aromatic rings. The Bertz CT molecular complexity index is 338. The van der Waals surface area contributed by atoms with Crippen molar-refractivity contribution in [3.8, 4) is 0 Å². The molecule has 0 aliphatic carbocycles. The molecule has 4 nitrogen and oxygen atoms in total. The monoisotopic (exact) mass is 249 g/mol. The number of pyridine rings is 1. The van der Waals surface area contributed by atoms with Crippen LogP contribution in [0.1, 0.15) is 31.4 Å². The van der Waals surface area contributed by atoms with Gasteiger partial charge in [0.15, 0.2) is 0 Å². The van der Waals surface area contributed by atoms with E-state index in [4.69, 9.17) is 10.5 Å². The topological polar surface area (TPSA) is 51.4 Å². The van der Waals surface area contributed by atoms with E-state index in [0.717, 1.165) is 19.7 Å². The van der Waals surface area contributed by atoms with Gasteiger partial charge in [-0.2, -0.15) is 0 Å². The summed E-state index contributed by atoms with van der Waals surface area (Å²) in [7, 11) is 0. The lowest BCUT2D eigenvalue weighted by Gasteiger charge is -2.31. The van der Waals surface area contributed by atoms with Crippen LogP contribution in [-0.2, 0) is 4.74 Å². The third kappa shape index (κ3) is 3.28. The maximum atomic E-state index is 5.95. The van der Waals surface area contributed by atoms with E-state index >= 15 is 0 Å². The van der Waals surface area contributed by atoms with Crippen molar-refractivity contribution in [2.75, 3.05) is 26.2 Å². The van der Waals surface area contributed by atoms with Crippen LogP contribution in [0.4, 0.5) is 0 Å². The Balaban J connectivity index is 2.03. The zero-order valence-corrected chi connectivity index (χ0v) is 11.1. The number of rotatable bonds is 6. The first-order valence-electron chi connectivity index (χ1n) is 6.80. The van der Waals surface area contributed by atoms with Crippen LogP contribution < -0.4 is 5.73 Å². The van der Waals surface area contributed by atoms with E-state index in [-0.39, 0.29) is 6.04 Å². The average Bonchev–Trinajstić information content (AvgIpc) is 2.92. The maximum absolute atomic E-state index is 5.95. The smallest absolute Gasteiger partial charge is 0.0703 e. The summed E-state index contributed by atoms with van der Waals surface area (Å²) in [6, 6.07) is 4.31. The van der Waals surface area contributed by atoms with Gasteiger partial charge in [0.05, 0.1) is 6.10 Å². The molecule has 0 amide bonds. The Morgan fingerprint density at radius 3 is 3.06 bits per heavy atom. The summed E-state index contributed by atoms with van der Waals surface area (Å²) in [4.78, 5) is 6.58. The summed E-state index contributed by atoms with van der Waals surface area (Å²) in [6.07, 6.45) is 6.43. The van der Waals surface area contributed by atoms with E-state index in [1.165, 1.54) is 18.4 Å². The highest BCUT2D eigenvalue weighted by atomic mass is 16.5. The van der Waals surface area contributed by atoms with Gasteiger partial charge in [0.2, 0.25) is 0 Å². The highest BCUT2D eigenvalue weighted by Gasteiger charge is 2.23. The Labute approximate surface area is 109 Å². The Kier molecular flexibility index (Phi) is 5.11. The zero-order valence-electron chi connectivity index (χ0n) is 11.1. The highest BCUT2D eigenvalue weighted by molar-refractivity contribution is 5.14. The molecule has 0 saturated carbocycles. The quantitative estimate of drug-likeness (QED) is 0.831. The predicted molar refractivity (Wildman–Crippen MR) is 72.3 cm³/mol. The third-order valence-corrected chi connectivity index (χ3v) is 3.60. The molecule has 18 heavy (non-hydrogen) atoms. The van der Waals surface area contributed by atoms with Crippen LogP contribution in [0.2, 0.25) is 0 Å². The Hall–Kier alpha value is -0.970. The fourth-order valence-electron chi connectivity index (χ4n) is 2.60. The van der Waals surface area contributed by atoms with Crippen LogP contribution in [0.3, 0.4) is 0 Å². The van der Waals surface area contributed by atoms with Crippen molar-refractivity contribution in [1.82, 2.24) is 9.88 Å². The zero-order chi connectivity index (χ0) is 12.8. The summed E-state index contributed by atoms with van der Waals surface area (Å²) in [6.45, 7) is 5.65. The van der Waals surface area contributed by atoms with Gasteiger partial charge in [-0.1, -0.05) is 13.0 Å². The van der Waals surface area contributed by atoms with E-state index in [9.17, 15) is 0 Å². The van der Waals surface area contributed by atoms with Crippen LogP contribution in [0.25, 0.3) is 0 Å². The minimum atomic E-state index is 0.243. The highest BCUT2D eigenvalue weighted by Crippen LogP contribution is 2.21. The molecular weight excluding hydrogens is 226 g/mol. The predicted octanol–water partition coefficient (Wildman–Crippen LogP) is 1.58. The lowest BCUT2D eigenvalue weighted by atomic mass is 10.1. The molecule has 2 atom stereocenters. The second kappa shape index (κ2) is 6.83. The van der Waals surface area contributed by atoms with Gasteiger partial charge in [0, 0.05) is 38.1 Å². The largest absolute Gasteiger partial charge is 0.377 e. The van der Waals surface area contributed by atoms with E-state index < -0.39 is 0 Å². The molecule has 1 fully saturated rings. The minimum absolute atomic E-state index is 0.243. The second-order valence-electron chi connectivity index (χ2n) is 4.76. The number of aromatic nitrogens is 1. The van der Waals surface area contributed by atoms with Crippen LogP contribution >= 0.6 is 0 Å². The van der Waals surface area contributed by atoms with E-state index in [1.54, 1.807) is 6.20 Å². The molecule has 1 aliphatic heterocycles. The van der Waals surface area contributed by atoms with Crippen LogP contribution in [0, 0.1) is 0 Å². The van der Waals surface area contributed by atoms with Crippen LogP contribution in [0.15, 0.2) is 24.5 Å². The molecule has 0 radical (unpaired) electrons. The molecular formula is C14H23N3O. The van der Waals surface area contributed by atoms with Crippen molar-refractivity contribution < 1.29 is 4.74 Å². The second-order valence-corrected chi connectivity index (χ2v) is 4.76. The van der Waals surface area contributed by atoms with Gasteiger partial charge in [0.1, 0.15) is 0 Å². The lowest BCUT2D eigenvalue weighted by molar-refractivity contribution is 0.0601. The van der Waals surface area contributed by atoms with Gasteiger partial charge in [-0.3, -0.25) is 9.88 Å². The Morgan fingerprint density at radius 2 is 2.50 bits per heavy atom. The molecule has 2 N–H and O–H groups in total. The summed E-state index contributed by atoms with van der Waals surface area (Å²) in [5, 5.41) is 0. The summed E-state index contributed by atoms with van der Waals surface area (Å²) in [5.74, 6) is 0. The maximum Gasteiger partial charge on any atom is 0.0703 e. The van der Waals surface area contributed by atoms with Crippen molar-refractivity contribution in [3.63, 3.8) is 0 Å². The first kappa shape index (κ1) is 13.5. The van der Waals surface area contributed by atoms with Gasteiger partial charge >= 0.3 is 0 Å². The number of nitrogens with zero attached hydrogens (tertiary/aromatic N) is 2. The molecule has 2 rings (SSSR count). The molecule has 100 valence electrons. The average molecular weight is 249 g/mol. The molecule has 0 bridgehead atoms. The SMILES string of the molecule is CCN(CC1CCCO1)C(CN)c1cccnc1. The van der Waals surface area contributed by atoms with Gasteiger partial charge in [-0.25, -0.2) is 0 Å². The Morgan fingerprint density at radius 1 is 1.61 bits per heavy atom. The number of nitrogens with two attached hydrogens (primary N) is 1. The van der Waals surface area contributed by atoms with Gasteiger partial charge in [-0.05, 0) is 31.0 Å². The van der Waals surface area contributed by atoms with Crippen molar-refractivity contribution in [2.45, 2.75) is 31.9 Å². The van der Waals surface area contributed by atoms with E-state index in [1.807, 2.05) is 12.3 Å². The van der Waals surface area contributed by atoms with Crippen molar-refractivity contribution in [3.05, 3.63) is 30.1 Å². The first-order chi connectivity index (χ1) is 8.85. The third-order valence-electron chi connectivity index (χ3n) is 3.60. The van der Waals surface area contributed by atoms with E-state index in [0.29, 0.717) is 12.6 Å². The molecule has 4 heteroatoms. The molecule has 0 spiro atoms. The van der Waals surface area contributed by atoms with Crippen LogP contribution in [-0.4, -0.2) is 42.2 Å². The molecule has 1 saturated heterocycles. The van der Waals surface area contributed by atoms with E-state index in [2.05, 4.69) is 22.9 Å². The fourth-order valence-corrected chi connectivity index (χ4v) is 2.60. The van der Waals surface area contributed by atoms with Crippen molar-refractivity contribution in [2.24, 2.45) is 5.73 Å². The first-order valence-corrected chi connectivity index (χ1v) is 6.80. The molecule has 2 heterocycles. The summed E-state index contributed by atoms with van der Waals surface area (Å²) in [5.41, 5.74) is 7.14. The number of ether oxygens (including phenoxy) is 1. The van der Waals surface area contributed by atoms with Gasteiger partial charge in [-0.15, -0.1) is 0 Å². The molecule has 1 aliphatic rings. The van der Waals surface area contributed by atoms with Crippen molar-refractivity contribution >= 4 is 0 Å². The van der Waals surface area contributed by atoms with Crippen LogP contribution in [0.5, 0.6) is 0 Å². The summed E-state index contributed by atoms with van der Waals surface area (Å²) < 4.78 is 5.72. The summed E-state index contributed by atoms with van der Waals surface area (Å²) >= 11 is 0. The fraction of sp³-hybridized carbons (Fsp3) is 0.643. The normalized spacial score (nSPS) is 21.4. The van der Waals surface area contributed by atoms with Gasteiger partial charge < -0.3 is 10.5 Å². The minimum Gasteiger partial charge on any atom is -0.377 e. The number of hydrogen-bond acceptors (Lipinski definition) is 4. The number of hydrogen-bond donors (Lipinski definition) is 1. The lowest BCUT2D eigenvalue weighted by Crippen LogP contribution is -2.38. The molecule has 2 unspecified atom stereocenters. The van der Waals surface area contributed by atoms with Gasteiger partial charge in [0.25, 0.3) is 0 Å². The molecule has 0 aromatic carbocycles. The van der Waals surface area contributed by atoms with Crippen molar-refractivity contribution in [1.29, 1.82) is 0 Å². The number of likely N-dealkylation sites (N-methyl/N-ethyl adjacent to an activating group) is 1.